The lowest BCUT2D eigenvalue weighted by Crippen LogP contribution is -2.02. The third kappa shape index (κ3) is 2.05. The number of nitrogens with zero attached hydrogens (tertiary/aromatic N) is 3. The number of hydrogen-bond donors (Lipinski definition) is 0. The van der Waals surface area contributed by atoms with Gasteiger partial charge in [0.1, 0.15) is 7.11 Å². The van der Waals surface area contributed by atoms with Gasteiger partial charge in [0.25, 0.3) is 0 Å². The van der Waals surface area contributed by atoms with Crippen molar-refractivity contribution in [1.29, 1.82) is 0 Å². The van der Waals surface area contributed by atoms with E-state index < -0.39 is 0 Å². The molecule has 4 aromatic rings. The van der Waals surface area contributed by atoms with Gasteiger partial charge < -0.3 is 4.84 Å². The van der Waals surface area contributed by atoms with E-state index in [4.69, 9.17) is 9.82 Å². The quantitative estimate of drug-likeness (QED) is 0.545. The van der Waals surface area contributed by atoms with Crippen LogP contribution in [0.3, 0.4) is 0 Å². The maximum absolute atomic E-state index is 5.41. The van der Waals surface area contributed by atoms with Gasteiger partial charge in [0.15, 0.2) is 0 Å². The van der Waals surface area contributed by atoms with Crippen LogP contribution in [0.25, 0.3) is 33.2 Å². The molecule has 0 radical (unpaired) electrons. The van der Waals surface area contributed by atoms with Crippen LogP contribution in [-0.2, 0) is 0 Å². The molecule has 0 aliphatic rings. The lowest BCUT2D eigenvalue weighted by molar-refractivity contribution is 0.179. The average Bonchev–Trinajstić information content (AvgIpc) is 2.92. The molecule has 0 N–H and O–H groups in total. The highest BCUT2D eigenvalue weighted by molar-refractivity contribution is 9.10. The number of halogens is 1. The van der Waals surface area contributed by atoms with Gasteiger partial charge in [-0.15, -0.1) is 0 Å². The van der Waals surface area contributed by atoms with Crippen molar-refractivity contribution in [2.45, 2.75) is 0 Å². The van der Waals surface area contributed by atoms with Crippen LogP contribution in [0.1, 0.15) is 0 Å². The first-order chi connectivity index (χ1) is 10.8. The van der Waals surface area contributed by atoms with Crippen LogP contribution < -0.4 is 4.84 Å². The first-order valence-corrected chi connectivity index (χ1v) is 7.63. The van der Waals surface area contributed by atoms with Crippen LogP contribution >= 0.6 is 15.9 Å². The fourth-order valence-corrected chi connectivity index (χ4v) is 2.98. The fraction of sp³-hybridized carbons (Fsp3) is 0.0588. The maximum atomic E-state index is 5.41. The number of rotatable bonds is 2. The summed E-state index contributed by atoms with van der Waals surface area (Å²) in [7, 11) is 1.65. The molecule has 0 saturated heterocycles. The molecule has 0 saturated carbocycles. The van der Waals surface area contributed by atoms with Gasteiger partial charge in [-0.25, -0.2) is 4.98 Å². The third-order valence-corrected chi connectivity index (χ3v) is 4.15. The van der Waals surface area contributed by atoms with Crippen molar-refractivity contribution >= 4 is 37.9 Å². The minimum atomic E-state index is 0.831. The van der Waals surface area contributed by atoms with Crippen molar-refractivity contribution < 1.29 is 4.84 Å². The first-order valence-electron chi connectivity index (χ1n) is 6.83. The van der Waals surface area contributed by atoms with E-state index >= 15 is 0 Å². The minimum absolute atomic E-state index is 0.831. The molecular weight excluding hydrogens is 342 g/mol. The smallest absolute Gasteiger partial charge is 0.104 e. The Kier molecular flexibility index (Phi) is 3.08. The maximum Gasteiger partial charge on any atom is 0.104 e. The van der Waals surface area contributed by atoms with Crippen LogP contribution in [0.15, 0.2) is 59.3 Å². The van der Waals surface area contributed by atoms with E-state index in [2.05, 4.69) is 27.0 Å². The van der Waals surface area contributed by atoms with Gasteiger partial charge in [0, 0.05) is 15.4 Å². The molecule has 0 bridgehead atoms. The van der Waals surface area contributed by atoms with Crippen molar-refractivity contribution in [2.75, 3.05) is 7.11 Å². The van der Waals surface area contributed by atoms with E-state index in [9.17, 15) is 0 Å². The second-order valence-corrected chi connectivity index (χ2v) is 5.87. The number of fused-ring (bicyclic) bond motifs is 2. The van der Waals surface area contributed by atoms with Crippen LogP contribution in [0.2, 0.25) is 0 Å². The van der Waals surface area contributed by atoms with E-state index in [0.29, 0.717) is 0 Å². The highest BCUT2D eigenvalue weighted by atomic mass is 79.9. The summed E-state index contributed by atoms with van der Waals surface area (Å²) >= 11 is 3.52. The van der Waals surface area contributed by atoms with Gasteiger partial charge in [0.2, 0.25) is 0 Å². The second-order valence-electron chi connectivity index (χ2n) is 4.96. The highest BCUT2D eigenvalue weighted by Crippen LogP contribution is 2.31. The Morgan fingerprint density at radius 2 is 1.91 bits per heavy atom. The lowest BCUT2D eigenvalue weighted by atomic mass is 10.1. The van der Waals surface area contributed by atoms with E-state index in [1.807, 2.05) is 42.6 Å². The van der Waals surface area contributed by atoms with Gasteiger partial charge in [-0.05, 0) is 30.3 Å². The zero-order valence-corrected chi connectivity index (χ0v) is 13.4. The van der Waals surface area contributed by atoms with Crippen LogP contribution in [0.5, 0.6) is 0 Å². The van der Waals surface area contributed by atoms with Crippen LogP contribution in [0, 0.1) is 0 Å². The van der Waals surface area contributed by atoms with Crippen LogP contribution in [0.4, 0.5) is 0 Å². The molecule has 0 aliphatic heterocycles. The monoisotopic (exact) mass is 353 g/mol. The molecular formula is C17H12BrN3O. The van der Waals surface area contributed by atoms with Gasteiger partial charge >= 0.3 is 0 Å². The summed E-state index contributed by atoms with van der Waals surface area (Å²) in [6.07, 6.45) is 3.74. The molecule has 0 aliphatic carbocycles. The molecule has 2 aromatic heterocycles. The third-order valence-electron chi connectivity index (χ3n) is 3.65. The van der Waals surface area contributed by atoms with Crippen molar-refractivity contribution in [3.8, 4) is 11.3 Å². The number of benzene rings is 2. The number of hydrogen-bond acceptors (Lipinski definition) is 3. The molecule has 2 heterocycles. The van der Waals surface area contributed by atoms with E-state index in [-0.39, 0.29) is 0 Å². The Bertz CT molecular complexity index is 994. The fourth-order valence-electron chi connectivity index (χ4n) is 2.61. The molecule has 108 valence electrons. The van der Waals surface area contributed by atoms with Gasteiger partial charge in [0.05, 0.1) is 34.6 Å². The Hall–Kier alpha value is -2.40. The average molecular weight is 354 g/mol. The van der Waals surface area contributed by atoms with Crippen LogP contribution in [-0.4, -0.2) is 21.8 Å². The van der Waals surface area contributed by atoms with E-state index in [1.165, 1.54) is 0 Å². The molecule has 0 atom stereocenters. The zero-order chi connectivity index (χ0) is 15.1. The summed E-state index contributed by atoms with van der Waals surface area (Å²) in [5.41, 5.74) is 4.60. The Balaban J connectivity index is 2.00. The summed E-state index contributed by atoms with van der Waals surface area (Å²) in [6, 6.07) is 13.9. The molecule has 4 nitrogen and oxygen atoms in total. The highest BCUT2D eigenvalue weighted by Gasteiger charge is 2.13. The molecule has 5 heteroatoms. The molecule has 0 fully saturated rings. The Morgan fingerprint density at radius 1 is 1.09 bits per heavy atom. The van der Waals surface area contributed by atoms with Crippen molar-refractivity contribution in [2.24, 2.45) is 0 Å². The van der Waals surface area contributed by atoms with Crippen molar-refractivity contribution in [3.05, 3.63) is 59.3 Å². The summed E-state index contributed by atoms with van der Waals surface area (Å²) in [5.74, 6) is 0. The number of para-hydroxylation sites is 2. The van der Waals surface area contributed by atoms with Gasteiger partial charge in [-0.2, -0.15) is 4.73 Å². The first kappa shape index (κ1) is 13.3. The Labute approximate surface area is 135 Å². The second kappa shape index (κ2) is 5.10. The summed E-state index contributed by atoms with van der Waals surface area (Å²) in [5, 5.41) is 1.07. The normalized spacial score (nSPS) is 11.2. The lowest BCUT2D eigenvalue weighted by Gasteiger charge is -2.01. The summed E-state index contributed by atoms with van der Waals surface area (Å²) < 4.78 is 2.76. The zero-order valence-electron chi connectivity index (χ0n) is 11.8. The topological polar surface area (TPSA) is 39.9 Å². The standard InChI is InChI=1S/C17H12BrN3O/c1-22-21-10-13(12-8-11(18)6-7-17(12)21)16-9-19-14-4-2-3-5-15(14)20-16/h2-10H,1H3. The van der Waals surface area contributed by atoms with E-state index in [0.717, 1.165) is 37.7 Å². The van der Waals surface area contributed by atoms with E-state index in [1.54, 1.807) is 18.0 Å². The molecule has 0 unspecified atom stereocenters. The Morgan fingerprint density at radius 3 is 2.73 bits per heavy atom. The molecule has 0 amide bonds. The number of aromatic nitrogens is 3. The predicted molar refractivity (Wildman–Crippen MR) is 90.7 cm³/mol. The van der Waals surface area contributed by atoms with Crippen molar-refractivity contribution in [1.82, 2.24) is 14.7 Å². The summed E-state index contributed by atoms with van der Waals surface area (Å²) in [4.78, 5) is 14.6. The SMILES string of the molecule is COn1cc(-c2cnc3ccccc3n2)c2cc(Br)ccc21. The molecule has 0 spiro atoms. The van der Waals surface area contributed by atoms with Crippen molar-refractivity contribution in [3.63, 3.8) is 0 Å². The summed E-state index contributed by atoms with van der Waals surface area (Å²) in [6.45, 7) is 0. The van der Waals surface area contributed by atoms with Gasteiger partial charge in [-0.3, -0.25) is 4.98 Å². The van der Waals surface area contributed by atoms with Gasteiger partial charge in [-0.1, -0.05) is 28.1 Å². The molecule has 22 heavy (non-hydrogen) atoms. The predicted octanol–water partition coefficient (Wildman–Crippen LogP) is 4.07. The largest absolute Gasteiger partial charge is 0.417 e. The molecule has 4 rings (SSSR count). The molecule has 2 aromatic carbocycles. The minimum Gasteiger partial charge on any atom is -0.417 e.